The van der Waals surface area contributed by atoms with Crippen LogP contribution in [0.25, 0.3) is 0 Å². The van der Waals surface area contributed by atoms with Crippen molar-refractivity contribution in [2.24, 2.45) is 0 Å². The average Bonchev–Trinajstić information content (AvgIpc) is 2.65. The molecule has 0 unspecified atom stereocenters. The number of benzene rings is 1. The van der Waals surface area contributed by atoms with Crippen LogP contribution in [0.15, 0.2) is 29.2 Å². The number of thioether (sulfide) groups is 1. The van der Waals surface area contributed by atoms with Crippen molar-refractivity contribution >= 4 is 11.8 Å². The molecule has 0 aromatic heterocycles. The number of rotatable bonds is 3. The first-order valence-electron chi connectivity index (χ1n) is 5.76. The first kappa shape index (κ1) is 12.9. The van der Waals surface area contributed by atoms with Crippen molar-refractivity contribution in [3.8, 4) is 0 Å². The summed E-state index contributed by atoms with van der Waals surface area (Å²) in [5.74, 6) is 0. The van der Waals surface area contributed by atoms with E-state index in [0.717, 1.165) is 5.56 Å². The Kier molecular flexibility index (Phi) is 3.78. The Morgan fingerprint density at radius 3 is 2.53 bits per heavy atom. The summed E-state index contributed by atoms with van der Waals surface area (Å²) in [5.41, 5.74) is 0.732. The minimum absolute atomic E-state index is 0.0369. The molecular weight excluding hydrogens is 234 g/mol. The lowest BCUT2D eigenvalue weighted by atomic mass is 10.0. The van der Waals surface area contributed by atoms with E-state index in [1.54, 1.807) is 11.8 Å². The summed E-state index contributed by atoms with van der Waals surface area (Å²) in [7, 11) is 0. The fraction of sp³-hybridized carbons (Fsp3) is 0.538. The van der Waals surface area contributed by atoms with Crippen LogP contribution in [0, 0.1) is 0 Å². The van der Waals surface area contributed by atoms with Gasteiger partial charge in [0.1, 0.15) is 11.8 Å². The molecule has 0 bridgehead atoms. The van der Waals surface area contributed by atoms with Gasteiger partial charge in [-0.1, -0.05) is 12.1 Å². The van der Waals surface area contributed by atoms with Crippen molar-refractivity contribution in [3.63, 3.8) is 0 Å². The molecule has 17 heavy (non-hydrogen) atoms. The highest BCUT2D eigenvalue weighted by molar-refractivity contribution is 7.98. The van der Waals surface area contributed by atoms with Gasteiger partial charge in [0.25, 0.3) is 0 Å². The molecule has 1 aromatic rings. The lowest BCUT2D eigenvalue weighted by Gasteiger charge is -2.18. The van der Waals surface area contributed by atoms with Crippen LogP contribution in [0.2, 0.25) is 0 Å². The highest BCUT2D eigenvalue weighted by atomic mass is 32.2. The van der Waals surface area contributed by atoms with Gasteiger partial charge >= 0.3 is 0 Å². The van der Waals surface area contributed by atoms with Crippen molar-refractivity contribution in [3.05, 3.63) is 29.8 Å². The van der Waals surface area contributed by atoms with Crippen molar-refractivity contribution in [2.45, 2.75) is 36.6 Å². The van der Waals surface area contributed by atoms with E-state index in [-0.39, 0.29) is 24.5 Å². The predicted octanol–water partition coefficient (Wildman–Crippen LogP) is 2.17. The molecular formula is C13H19NO2S. The summed E-state index contributed by atoms with van der Waals surface area (Å²) in [5, 5.41) is 12.7. The molecule has 1 aliphatic rings. The SMILES string of the molecule is CSc1ccc([C@@H]2OC(C)(C)N[C@H]2CO)cc1. The fourth-order valence-corrected chi connectivity index (χ4v) is 2.60. The van der Waals surface area contributed by atoms with Crippen LogP contribution >= 0.6 is 11.8 Å². The average molecular weight is 253 g/mol. The van der Waals surface area contributed by atoms with Crippen molar-refractivity contribution < 1.29 is 9.84 Å². The Morgan fingerprint density at radius 2 is 2.00 bits per heavy atom. The summed E-state index contributed by atoms with van der Waals surface area (Å²) in [6.45, 7) is 4.04. The standard InChI is InChI=1S/C13H19NO2S/c1-13(2)14-11(8-15)12(16-13)9-4-6-10(17-3)7-5-9/h4-7,11-12,14-15H,8H2,1-3H3/t11-,12-/m0/s1. The van der Waals surface area contributed by atoms with Crippen molar-refractivity contribution in [1.82, 2.24) is 5.32 Å². The highest BCUT2D eigenvalue weighted by Gasteiger charge is 2.39. The summed E-state index contributed by atoms with van der Waals surface area (Å²) in [4.78, 5) is 1.24. The third-order valence-corrected chi connectivity index (χ3v) is 3.70. The molecule has 2 rings (SSSR count). The summed E-state index contributed by atoms with van der Waals surface area (Å²) in [6, 6.07) is 8.28. The van der Waals surface area contributed by atoms with Crippen LogP contribution in [0.4, 0.5) is 0 Å². The summed E-state index contributed by atoms with van der Waals surface area (Å²) < 4.78 is 5.93. The topological polar surface area (TPSA) is 41.5 Å². The van der Waals surface area contributed by atoms with E-state index in [1.165, 1.54) is 4.90 Å². The number of hydrogen-bond acceptors (Lipinski definition) is 4. The van der Waals surface area contributed by atoms with Gasteiger partial charge in [0.15, 0.2) is 0 Å². The molecule has 94 valence electrons. The van der Waals surface area contributed by atoms with Crippen LogP contribution in [-0.4, -0.2) is 29.7 Å². The van der Waals surface area contributed by atoms with Crippen LogP contribution in [0.3, 0.4) is 0 Å². The molecule has 0 radical (unpaired) electrons. The number of aliphatic hydroxyl groups is 1. The molecule has 0 saturated carbocycles. The Hall–Kier alpha value is -0.550. The second-order valence-electron chi connectivity index (χ2n) is 4.76. The van der Waals surface area contributed by atoms with E-state index in [0.29, 0.717) is 0 Å². The van der Waals surface area contributed by atoms with E-state index in [1.807, 2.05) is 13.8 Å². The number of ether oxygens (including phenoxy) is 1. The Labute approximate surface area is 107 Å². The van der Waals surface area contributed by atoms with E-state index in [9.17, 15) is 5.11 Å². The summed E-state index contributed by atoms with van der Waals surface area (Å²) in [6.07, 6.45) is 1.98. The van der Waals surface area contributed by atoms with E-state index in [2.05, 4.69) is 35.8 Å². The molecule has 0 aliphatic carbocycles. The molecule has 2 atom stereocenters. The van der Waals surface area contributed by atoms with Gasteiger partial charge in [0, 0.05) is 4.90 Å². The molecule has 3 nitrogen and oxygen atoms in total. The third-order valence-electron chi connectivity index (χ3n) is 2.96. The number of nitrogens with one attached hydrogen (secondary N) is 1. The number of hydrogen-bond donors (Lipinski definition) is 2. The van der Waals surface area contributed by atoms with Gasteiger partial charge in [0.05, 0.1) is 12.6 Å². The maximum Gasteiger partial charge on any atom is 0.114 e. The zero-order chi connectivity index (χ0) is 12.5. The highest BCUT2D eigenvalue weighted by Crippen LogP contribution is 2.33. The molecule has 1 saturated heterocycles. The Morgan fingerprint density at radius 1 is 1.35 bits per heavy atom. The van der Waals surface area contributed by atoms with Crippen LogP contribution < -0.4 is 5.32 Å². The normalized spacial score (nSPS) is 27.3. The van der Waals surface area contributed by atoms with Gasteiger partial charge < -0.3 is 9.84 Å². The van der Waals surface area contributed by atoms with Crippen LogP contribution in [0.1, 0.15) is 25.5 Å². The maximum atomic E-state index is 9.38. The molecule has 4 heteroatoms. The number of aliphatic hydroxyl groups excluding tert-OH is 1. The van der Waals surface area contributed by atoms with Gasteiger partial charge in [-0.05, 0) is 37.8 Å². The molecule has 0 amide bonds. The predicted molar refractivity (Wildman–Crippen MR) is 70.1 cm³/mol. The third kappa shape index (κ3) is 2.83. The molecule has 1 fully saturated rings. The zero-order valence-electron chi connectivity index (χ0n) is 10.4. The van der Waals surface area contributed by atoms with E-state index >= 15 is 0 Å². The smallest absolute Gasteiger partial charge is 0.114 e. The molecule has 0 spiro atoms. The minimum atomic E-state index is -0.379. The van der Waals surface area contributed by atoms with Crippen LogP contribution in [0.5, 0.6) is 0 Å². The lowest BCUT2D eigenvalue weighted by molar-refractivity contribution is -0.0274. The maximum absolute atomic E-state index is 9.38. The first-order valence-corrected chi connectivity index (χ1v) is 6.98. The monoisotopic (exact) mass is 253 g/mol. The first-order chi connectivity index (χ1) is 8.05. The Balaban J connectivity index is 2.20. The molecule has 1 aliphatic heterocycles. The van der Waals surface area contributed by atoms with Crippen molar-refractivity contribution in [1.29, 1.82) is 0 Å². The molecule has 2 N–H and O–H groups in total. The second-order valence-corrected chi connectivity index (χ2v) is 5.63. The van der Waals surface area contributed by atoms with Gasteiger partial charge in [-0.2, -0.15) is 0 Å². The second kappa shape index (κ2) is 4.98. The van der Waals surface area contributed by atoms with Gasteiger partial charge in [-0.15, -0.1) is 11.8 Å². The zero-order valence-corrected chi connectivity index (χ0v) is 11.3. The van der Waals surface area contributed by atoms with Gasteiger partial charge in [-0.25, -0.2) is 0 Å². The van der Waals surface area contributed by atoms with E-state index < -0.39 is 0 Å². The van der Waals surface area contributed by atoms with Crippen molar-refractivity contribution in [2.75, 3.05) is 12.9 Å². The van der Waals surface area contributed by atoms with E-state index in [4.69, 9.17) is 4.74 Å². The van der Waals surface area contributed by atoms with Gasteiger partial charge in [0.2, 0.25) is 0 Å². The minimum Gasteiger partial charge on any atom is -0.395 e. The quantitative estimate of drug-likeness (QED) is 0.810. The lowest BCUT2D eigenvalue weighted by Crippen LogP contribution is -2.40. The fourth-order valence-electron chi connectivity index (χ4n) is 2.19. The molecule has 1 heterocycles. The summed E-state index contributed by atoms with van der Waals surface area (Å²) >= 11 is 1.72. The largest absolute Gasteiger partial charge is 0.395 e. The Bertz CT molecular complexity index is 378. The van der Waals surface area contributed by atoms with Crippen LogP contribution in [-0.2, 0) is 4.74 Å². The molecule has 1 aromatic carbocycles. The van der Waals surface area contributed by atoms with Gasteiger partial charge in [-0.3, -0.25) is 5.32 Å².